The summed E-state index contributed by atoms with van der Waals surface area (Å²) in [5, 5.41) is 0. The number of aryl methyl sites for hydroxylation is 1. The van der Waals surface area contributed by atoms with Crippen molar-refractivity contribution in [3.63, 3.8) is 0 Å². The predicted molar refractivity (Wildman–Crippen MR) is 85.7 cm³/mol. The SMILES string of the molecule is CCC1(CC)Oc2ccc(C)cc2N(CC(C)(C)N)C1=O. The molecule has 0 radical (unpaired) electrons. The Kier molecular flexibility index (Phi) is 4.02. The number of rotatable bonds is 4. The van der Waals surface area contributed by atoms with Crippen molar-refractivity contribution < 1.29 is 9.53 Å². The molecule has 0 aliphatic carbocycles. The van der Waals surface area contributed by atoms with Gasteiger partial charge in [-0.25, -0.2) is 0 Å². The minimum absolute atomic E-state index is 0.0177. The second-order valence-corrected chi connectivity index (χ2v) is 6.65. The number of hydrogen-bond acceptors (Lipinski definition) is 3. The second-order valence-electron chi connectivity index (χ2n) is 6.65. The van der Waals surface area contributed by atoms with Crippen LogP contribution in [0.15, 0.2) is 18.2 Å². The van der Waals surface area contributed by atoms with E-state index in [0.29, 0.717) is 19.4 Å². The third kappa shape index (κ3) is 2.91. The Bertz CT molecular complexity index is 542. The van der Waals surface area contributed by atoms with E-state index >= 15 is 0 Å². The van der Waals surface area contributed by atoms with Crippen molar-refractivity contribution in [3.05, 3.63) is 23.8 Å². The lowest BCUT2D eigenvalue weighted by Crippen LogP contribution is -2.59. The molecule has 21 heavy (non-hydrogen) atoms. The molecule has 4 nitrogen and oxygen atoms in total. The van der Waals surface area contributed by atoms with Gasteiger partial charge in [0, 0.05) is 12.1 Å². The highest BCUT2D eigenvalue weighted by atomic mass is 16.5. The maximum absolute atomic E-state index is 13.0. The zero-order valence-corrected chi connectivity index (χ0v) is 13.7. The van der Waals surface area contributed by atoms with Crippen molar-refractivity contribution in [2.75, 3.05) is 11.4 Å². The number of ether oxygens (including phenoxy) is 1. The summed E-state index contributed by atoms with van der Waals surface area (Å²) in [5.74, 6) is 0.789. The van der Waals surface area contributed by atoms with Crippen LogP contribution in [-0.4, -0.2) is 23.6 Å². The first-order valence-electron chi connectivity index (χ1n) is 7.63. The molecule has 2 rings (SSSR count). The van der Waals surface area contributed by atoms with Crippen LogP contribution in [0.5, 0.6) is 5.75 Å². The van der Waals surface area contributed by atoms with Crippen LogP contribution in [-0.2, 0) is 4.79 Å². The molecule has 1 heterocycles. The van der Waals surface area contributed by atoms with Crippen LogP contribution in [0.3, 0.4) is 0 Å². The largest absolute Gasteiger partial charge is 0.475 e. The van der Waals surface area contributed by atoms with Gasteiger partial charge in [0.1, 0.15) is 5.75 Å². The fourth-order valence-corrected chi connectivity index (χ4v) is 2.80. The van der Waals surface area contributed by atoms with Crippen LogP contribution in [0, 0.1) is 6.92 Å². The van der Waals surface area contributed by atoms with E-state index in [2.05, 4.69) is 0 Å². The Hall–Kier alpha value is -1.55. The van der Waals surface area contributed by atoms with Crippen molar-refractivity contribution in [3.8, 4) is 5.75 Å². The van der Waals surface area contributed by atoms with E-state index in [9.17, 15) is 4.79 Å². The molecule has 2 N–H and O–H groups in total. The summed E-state index contributed by atoms with van der Waals surface area (Å²) in [7, 11) is 0. The number of hydrogen-bond donors (Lipinski definition) is 1. The van der Waals surface area contributed by atoms with E-state index in [1.54, 1.807) is 4.90 Å². The van der Waals surface area contributed by atoms with Crippen molar-refractivity contribution in [2.45, 2.75) is 58.6 Å². The first kappa shape index (κ1) is 15.8. The van der Waals surface area contributed by atoms with Gasteiger partial charge in [0.25, 0.3) is 5.91 Å². The van der Waals surface area contributed by atoms with Gasteiger partial charge in [0.2, 0.25) is 0 Å². The molecule has 4 heteroatoms. The fraction of sp³-hybridized carbons (Fsp3) is 0.588. The lowest BCUT2D eigenvalue weighted by atomic mass is 9.91. The lowest BCUT2D eigenvalue weighted by Gasteiger charge is -2.43. The summed E-state index contributed by atoms with van der Waals surface area (Å²) in [6.07, 6.45) is 1.30. The van der Waals surface area contributed by atoms with Crippen LogP contribution < -0.4 is 15.4 Å². The van der Waals surface area contributed by atoms with Crippen molar-refractivity contribution in [1.29, 1.82) is 0 Å². The number of fused-ring (bicyclic) bond motifs is 1. The van der Waals surface area contributed by atoms with E-state index in [1.807, 2.05) is 52.8 Å². The molecule has 1 aliphatic rings. The van der Waals surface area contributed by atoms with Gasteiger partial charge in [0.15, 0.2) is 5.60 Å². The van der Waals surface area contributed by atoms with E-state index in [1.165, 1.54) is 0 Å². The maximum atomic E-state index is 13.0. The minimum Gasteiger partial charge on any atom is -0.475 e. The molecule has 0 fully saturated rings. The number of nitrogens with two attached hydrogens (primary N) is 1. The molecule has 0 aromatic heterocycles. The van der Waals surface area contributed by atoms with Gasteiger partial charge in [-0.2, -0.15) is 0 Å². The molecule has 1 aromatic carbocycles. The van der Waals surface area contributed by atoms with Crippen molar-refractivity contribution >= 4 is 11.6 Å². The highest BCUT2D eigenvalue weighted by Crippen LogP contribution is 2.41. The monoisotopic (exact) mass is 290 g/mol. The molecule has 0 unspecified atom stereocenters. The van der Waals surface area contributed by atoms with Crippen LogP contribution in [0.25, 0.3) is 0 Å². The summed E-state index contributed by atoms with van der Waals surface area (Å²) >= 11 is 0. The lowest BCUT2D eigenvalue weighted by molar-refractivity contribution is -0.136. The Labute approximate surface area is 127 Å². The number of benzene rings is 1. The van der Waals surface area contributed by atoms with Crippen LogP contribution >= 0.6 is 0 Å². The van der Waals surface area contributed by atoms with E-state index in [0.717, 1.165) is 17.0 Å². The molecular weight excluding hydrogens is 264 g/mol. The van der Waals surface area contributed by atoms with Gasteiger partial charge in [-0.15, -0.1) is 0 Å². The van der Waals surface area contributed by atoms with E-state index < -0.39 is 11.1 Å². The quantitative estimate of drug-likeness (QED) is 0.927. The molecular formula is C17H26N2O2. The van der Waals surface area contributed by atoms with E-state index in [4.69, 9.17) is 10.5 Å². The first-order valence-corrected chi connectivity index (χ1v) is 7.63. The third-order valence-corrected chi connectivity index (χ3v) is 4.05. The Morgan fingerprint density at radius 3 is 2.43 bits per heavy atom. The summed E-state index contributed by atoms with van der Waals surface area (Å²) in [5.41, 5.74) is 6.87. The van der Waals surface area contributed by atoms with Gasteiger partial charge in [-0.05, 0) is 51.3 Å². The number of nitrogens with zero attached hydrogens (tertiary/aromatic N) is 1. The predicted octanol–water partition coefficient (Wildman–Crippen LogP) is 3.02. The maximum Gasteiger partial charge on any atom is 0.271 e. The third-order valence-electron chi connectivity index (χ3n) is 4.05. The molecule has 0 saturated carbocycles. The summed E-state index contributed by atoms with van der Waals surface area (Å²) in [4.78, 5) is 14.8. The normalized spacial score (nSPS) is 17.4. The Morgan fingerprint density at radius 1 is 1.29 bits per heavy atom. The molecule has 0 saturated heterocycles. The average molecular weight is 290 g/mol. The van der Waals surface area contributed by atoms with Crippen LogP contribution in [0.4, 0.5) is 5.69 Å². The number of anilines is 1. The zero-order chi connectivity index (χ0) is 15.8. The topological polar surface area (TPSA) is 55.6 Å². The highest BCUT2D eigenvalue weighted by Gasteiger charge is 2.46. The zero-order valence-electron chi connectivity index (χ0n) is 13.7. The highest BCUT2D eigenvalue weighted by molar-refractivity contribution is 6.03. The second kappa shape index (κ2) is 5.34. The molecule has 0 spiro atoms. The van der Waals surface area contributed by atoms with Gasteiger partial charge in [-0.1, -0.05) is 19.9 Å². The van der Waals surface area contributed by atoms with Gasteiger partial charge in [0.05, 0.1) is 5.69 Å². The van der Waals surface area contributed by atoms with Crippen LogP contribution in [0.1, 0.15) is 46.1 Å². The Morgan fingerprint density at radius 2 is 1.90 bits per heavy atom. The molecule has 1 aliphatic heterocycles. The molecule has 0 atom stereocenters. The molecule has 1 amide bonds. The number of carbonyl (C=O) groups excluding carboxylic acids is 1. The number of amides is 1. The fourth-order valence-electron chi connectivity index (χ4n) is 2.80. The summed E-state index contributed by atoms with van der Waals surface area (Å²) in [6.45, 7) is 10.3. The standard InChI is InChI=1S/C17H26N2O2/c1-6-17(7-2)15(20)19(11-16(4,5)18)13-10-12(3)8-9-14(13)21-17/h8-10H,6-7,11,18H2,1-5H3. The summed E-state index contributed by atoms with van der Waals surface area (Å²) in [6, 6.07) is 5.96. The minimum atomic E-state index is -0.770. The van der Waals surface area contributed by atoms with Crippen molar-refractivity contribution in [1.82, 2.24) is 0 Å². The van der Waals surface area contributed by atoms with Crippen LogP contribution in [0.2, 0.25) is 0 Å². The van der Waals surface area contributed by atoms with Gasteiger partial charge < -0.3 is 15.4 Å². The smallest absolute Gasteiger partial charge is 0.271 e. The molecule has 1 aromatic rings. The van der Waals surface area contributed by atoms with Gasteiger partial charge >= 0.3 is 0 Å². The molecule has 116 valence electrons. The van der Waals surface area contributed by atoms with E-state index in [-0.39, 0.29) is 5.91 Å². The summed E-state index contributed by atoms with van der Waals surface area (Å²) < 4.78 is 6.10. The Balaban J connectivity index is 2.55. The van der Waals surface area contributed by atoms with Gasteiger partial charge in [-0.3, -0.25) is 4.79 Å². The number of carbonyl (C=O) groups is 1. The molecule has 0 bridgehead atoms. The first-order chi connectivity index (χ1) is 9.72. The van der Waals surface area contributed by atoms with Crippen molar-refractivity contribution in [2.24, 2.45) is 5.73 Å². The average Bonchev–Trinajstić information content (AvgIpc) is 2.41.